The third-order valence-corrected chi connectivity index (χ3v) is 1.68. The van der Waals surface area contributed by atoms with Crippen molar-refractivity contribution >= 4 is 17.3 Å². The van der Waals surface area contributed by atoms with Gasteiger partial charge in [0.05, 0.1) is 11.3 Å². The highest BCUT2D eigenvalue weighted by Gasteiger charge is 2.21. The average Bonchev–Trinajstić information content (AvgIpc) is 2.28. The van der Waals surface area contributed by atoms with Crippen molar-refractivity contribution in [2.24, 2.45) is 10.7 Å². The molecule has 12 heavy (non-hydrogen) atoms. The number of benzene rings is 1. The van der Waals surface area contributed by atoms with Crippen LogP contribution in [0.1, 0.15) is 10.4 Å². The Morgan fingerprint density at radius 1 is 1.42 bits per heavy atom. The van der Waals surface area contributed by atoms with Gasteiger partial charge >= 0.3 is 0 Å². The number of nitrogens with two attached hydrogens (primary N) is 1. The molecule has 0 aromatic heterocycles. The summed E-state index contributed by atoms with van der Waals surface area (Å²) in [4.78, 5) is 14.8. The number of carbonyl (C=O) groups is 1. The topological polar surface area (TPSA) is 55.4 Å². The average molecular weight is 164 g/mol. The molecular formula is C8H5FN2O. The molecule has 3 nitrogen and oxygen atoms in total. The molecule has 0 saturated carbocycles. The van der Waals surface area contributed by atoms with Gasteiger partial charge in [-0.05, 0) is 12.1 Å². The van der Waals surface area contributed by atoms with Gasteiger partial charge in [0.25, 0.3) is 0 Å². The van der Waals surface area contributed by atoms with E-state index in [4.69, 9.17) is 5.73 Å². The summed E-state index contributed by atoms with van der Waals surface area (Å²) >= 11 is 0. The minimum Gasteiger partial charge on any atom is -0.380 e. The monoisotopic (exact) mass is 164 g/mol. The third-order valence-electron chi connectivity index (χ3n) is 1.68. The number of hydrogen-bond donors (Lipinski definition) is 1. The molecule has 1 heterocycles. The Morgan fingerprint density at radius 3 is 2.92 bits per heavy atom. The van der Waals surface area contributed by atoms with Gasteiger partial charge in [0.15, 0.2) is 5.84 Å². The van der Waals surface area contributed by atoms with Crippen molar-refractivity contribution in [2.45, 2.75) is 0 Å². The number of hydrogen-bond acceptors (Lipinski definition) is 3. The molecule has 0 amide bonds. The van der Waals surface area contributed by atoms with Gasteiger partial charge in [0.2, 0.25) is 5.78 Å². The molecule has 0 saturated heterocycles. The lowest BCUT2D eigenvalue weighted by atomic mass is 10.1. The van der Waals surface area contributed by atoms with Gasteiger partial charge in [0, 0.05) is 6.07 Å². The van der Waals surface area contributed by atoms with Gasteiger partial charge in [-0.2, -0.15) is 0 Å². The van der Waals surface area contributed by atoms with E-state index in [0.717, 1.165) is 0 Å². The van der Waals surface area contributed by atoms with Gasteiger partial charge in [-0.1, -0.05) is 0 Å². The summed E-state index contributed by atoms with van der Waals surface area (Å²) in [6.45, 7) is 0. The largest absolute Gasteiger partial charge is 0.380 e. The summed E-state index contributed by atoms with van der Waals surface area (Å²) in [6, 6.07) is 3.79. The molecule has 0 bridgehead atoms. The first-order valence-corrected chi connectivity index (χ1v) is 3.37. The highest BCUT2D eigenvalue weighted by Crippen LogP contribution is 2.25. The smallest absolute Gasteiger partial charge is 0.229 e. The van der Waals surface area contributed by atoms with Crippen LogP contribution in [0.5, 0.6) is 0 Å². The van der Waals surface area contributed by atoms with E-state index in [2.05, 4.69) is 4.99 Å². The second-order valence-electron chi connectivity index (χ2n) is 2.49. The van der Waals surface area contributed by atoms with Crippen molar-refractivity contribution in [3.8, 4) is 0 Å². The van der Waals surface area contributed by atoms with Crippen molar-refractivity contribution in [2.75, 3.05) is 0 Å². The van der Waals surface area contributed by atoms with Gasteiger partial charge in [0.1, 0.15) is 5.82 Å². The normalized spacial score (nSPS) is 14.4. The van der Waals surface area contributed by atoms with Crippen LogP contribution in [0.25, 0.3) is 0 Å². The number of rotatable bonds is 0. The van der Waals surface area contributed by atoms with Crippen LogP contribution < -0.4 is 5.73 Å². The summed E-state index contributed by atoms with van der Waals surface area (Å²) in [5, 5.41) is 0. The van der Waals surface area contributed by atoms with Crippen molar-refractivity contribution < 1.29 is 9.18 Å². The number of Topliss-reactive ketones (excluding diaryl/α,β-unsaturated/α-hetero) is 1. The predicted molar refractivity (Wildman–Crippen MR) is 42.0 cm³/mol. The molecule has 1 aliphatic rings. The molecular weight excluding hydrogens is 159 g/mol. The van der Waals surface area contributed by atoms with E-state index in [1.807, 2.05) is 0 Å². The lowest BCUT2D eigenvalue weighted by molar-refractivity contribution is 0.106. The second kappa shape index (κ2) is 2.14. The summed E-state index contributed by atoms with van der Waals surface area (Å²) in [5.74, 6) is -0.819. The first-order chi connectivity index (χ1) is 5.68. The molecule has 4 heteroatoms. The highest BCUT2D eigenvalue weighted by atomic mass is 19.1. The molecule has 0 fully saturated rings. The summed E-state index contributed by atoms with van der Waals surface area (Å²) < 4.78 is 12.6. The van der Waals surface area contributed by atoms with Gasteiger partial charge in [-0.25, -0.2) is 9.38 Å². The fraction of sp³-hybridized carbons (Fsp3) is 0. The van der Waals surface area contributed by atoms with Crippen LogP contribution >= 0.6 is 0 Å². The maximum atomic E-state index is 12.6. The Kier molecular flexibility index (Phi) is 1.24. The van der Waals surface area contributed by atoms with Crippen molar-refractivity contribution in [3.05, 3.63) is 29.6 Å². The zero-order valence-corrected chi connectivity index (χ0v) is 6.04. The molecule has 2 N–H and O–H groups in total. The minimum absolute atomic E-state index is 0.0735. The Morgan fingerprint density at radius 2 is 2.17 bits per heavy atom. The van der Waals surface area contributed by atoms with E-state index in [9.17, 15) is 9.18 Å². The van der Waals surface area contributed by atoms with Crippen LogP contribution in [0.4, 0.5) is 10.1 Å². The minimum atomic E-state index is -0.417. The molecule has 1 aliphatic heterocycles. The zero-order valence-electron chi connectivity index (χ0n) is 6.04. The zero-order chi connectivity index (χ0) is 8.72. The van der Waals surface area contributed by atoms with Crippen molar-refractivity contribution in [1.29, 1.82) is 0 Å². The first kappa shape index (κ1) is 6.97. The van der Waals surface area contributed by atoms with Crippen LogP contribution in [-0.4, -0.2) is 11.6 Å². The van der Waals surface area contributed by atoms with Gasteiger partial charge in [-0.3, -0.25) is 4.79 Å². The predicted octanol–water partition coefficient (Wildman–Crippen LogP) is 1.01. The van der Waals surface area contributed by atoms with Crippen LogP contribution in [0.3, 0.4) is 0 Å². The van der Waals surface area contributed by atoms with Crippen LogP contribution in [-0.2, 0) is 0 Å². The van der Waals surface area contributed by atoms with Crippen molar-refractivity contribution in [1.82, 2.24) is 0 Å². The third kappa shape index (κ3) is 0.812. The van der Waals surface area contributed by atoms with E-state index < -0.39 is 5.82 Å². The molecule has 0 radical (unpaired) electrons. The first-order valence-electron chi connectivity index (χ1n) is 3.37. The Labute approximate surface area is 67.7 Å². The number of halogens is 1. The summed E-state index contributed by atoms with van der Waals surface area (Å²) in [6.07, 6.45) is 0. The van der Waals surface area contributed by atoms with Gasteiger partial charge in [-0.15, -0.1) is 0 Å². The van der Waals surface area contributed by atoms with Gasteiger partial charge < -0.3 is 5.73 Å². The quantitative estimate of drug-likeness (QED) is 0.622. The number of nitrogens with zero attached hydrogens (tertiary/aromatic N) is 1. The van der Waals surface area contributed by atoms with E-state index in [1.165, 1.54) is 18.2 Å². The Balaban J connectivity index is 2.65. The number of ketones is 1. The maximum absolute atomic E-state index is 12.6. The van der Waals surface area contributed by atoms with Crippen LogP contribution in [0.2, 0.25) is 0 Å². The molecule has 0 atom stereocenters. The number of amidine groups is 1. The molecule has 1 aromatic rings. The number of aliphatic imine (C=N–C) groups is 1. The summed E-state index contributed by atoms with van der Waals surface area (Å²) in [7, 11) is 0. The number of fused-ring (bicyclic) bond motifs is 1. The Hall–Kier alpha value is -1.71. The summed E-state index contributed by atoms with van der Waals surface area (Å²) in [5.41, 5.74) is 5.94. The number of carbonyl (C=O) groups excluding carboxylic acids is 1. The second-order valence-corrected chi connectivity index (χ2v) is 2.49. The van der Waals surface area contributed by atoms with E-state index in [1.54, 1.807) is 0 Å². The molecule has 0 spiro atoms. The van der Waals surface area contributed by atoms with Crippen LogP contribution in [0.15, 0.2) is 23.2 Å². The fourth-order valence-electron chi connectivity index (χ4n) is 1.11. The lowest BCUT2D eigenvalue weighted by Crippen LogP contribution is -2.19. The Bertz CT molecular complexity index is 398. The lowest BCUT2D eigenvalue weighted by Gasteiger charge is -1.93. The standard InChI is InChI=1S/C8H5FN2O/c9-4-1-2-5-6(3-4)11-8(10)7(5)12/h1-3H,(H2,10,11,12). The SMILES string of the molecule is NC1=Nc2cc(F)ccc2C1=O. The molecule has 2 rings (SSSR count). The van der Waals surface area contributed by atoms with Crippen LogP contribution in [0, 0.1) is 5.82 Å². The molecule has 0 unspecified atom stereocenters. The van der Waals surface area contributed by atoms with E-state index in [-0.39, 0.29) is 11.6 Å². The molecule has 60 valence electrons. The highest BCUT2D eigenvalue weighted by molar-refractivity contribution is 6.48. The maximum Gasteiger partial charge on any atom is 0.229 e. The fourth-order valence-corrected chi connectivity index (χ4v) is 1.11. The van der Waals surface area contributed by atoms with E-state index >= 15 is 0 Å². The van der Waals surface area contributed by atoms with E-state index in [0.29, 0.717) is 11.3 Å². The molecule has 1 aromatic carbocycles. The molecule has 0 aliphatic carbocycles. The van der Waals surface area contributed by atoms with Crippen molar-refractivity contribution in [3.63, 3.8) is 0 Å².